The van der Waals surface area contributed by atoms with Gasteiger partial charge in [-0.1, -0.05) is 6.07 Å². The molecule has 1 aromatic carbocycles. The highest BCUT2D eigenvalue weighted by Gasteiger charge is 2.33. The van der Waals surface area contributed by atoms with Crippen molar-refractivity contribution in [3.8, 4) is 23.5 Å². The van der Waals surface area contributed by atoms with Crippen molar-refractivity contribution < 1.29 is 35.8 Å². The van der Waals surface area contributed by atoms with Crippen LogP contribution in [-0.4, -0.2) is 19.9 Å². The van der Waals surface area contributed by atoms with E-state index >= 15 is 0 Å². The highest BCUT2D eigenvalue weighted by atomic mass is 19.4. The van der Waals surface area contributed by atoms with E-state index in [1.807, 2.05) is 0 Å². The van der Waals surface area contributed by atoms with Gasteiger partial charge in [-0.05, 0) is 24.3 Å². The third kappa shape index (κ3) is 4.84. The molecule has 28 heavy (non-hydrogen) atoms. The van der Waals surface area contributed by atoms with Crippen LogP contribution in [0.25, 0.3) is 0 Å². The number of benzene rings is 1. The van der Waals surface area contributed by atoms with E-state index in [1.165, 1.54) is 24.3 Å². The monoisotopic (exact) mass is 402 g/mol. The third-order valence-corrected chi connectivity index (χ3v) is 3.07. The first kappa shape index (κ1) is 19.3. The van der Waals surface area contributed by atoms with E-state index < -0.39 is 35.8 Å². The van der Waals surface area contributed by atoms with E-state index in [0.717, 1.165) is 12.4 Å². The molecule has 0 N–H and O–H groups in total. The molecule has 0 radical (unpaired) electrons. The average Bonchev–Trinajstić information content (AvgIpc) is 2.61. The molecule has 0 aliphatic rings. The van der Waals surface area contributed by atoms with Gasteiger partial charge in [-0.25, -0.2) is 9.97 Å². The van der Waals surface area contributed by atoms with Crippen LogP contribution in [0, 0.1) is 0 Å². The van der Waals surface area contributed by atoms with Gasteiger partial charge < -0.3 is 9.47 Å². The Morgan fingerprint density at radius 3 is 1.46 bits per heavy atom. The van der Waals surface area contributed by atoms with E-state index in [0.29, 0.717) is 12.1 Å². The second-order valence-corrected chi connectivity index (χ2v) is 5.12. The smallest absolute Gasteiger partial charge is 0.424 e. The summed E-state index contributed by atoms with van der Waals surface area (Å²) in [4.78, 5) is 13.6. The summed E-state index contributed by atoms with van der Waals surface area (Å²) in [6.45, 7) is 0. The van der Waals surface area contributed by atoms with Crippen LogP contribution in [0.5, 0.6) is 23.5 Å². The number of hydrogen-bond acceptors (Lipinski definition) is 6. The van der Waals surface area contributed by atoms with Crippen LogP contribution in [0.4, 0.5) is 26.3 Å². The summed E-state index contributed by atoms with van der Waals surface area (Å²) in [5.41, 5.74) is -2.38. The molecule has 0 spiro atoms. The Hall–Kier alpha value is -3.44. The summed E-state index contributed by atoms with van der Waals surface area (Å²) in [5, 5.41) is 0. The minimum absolute atomic E-state index is 0.0104. The maximum Gasteiger partial charge on any atom is 0.433 e. The molecule has 0 saturated heterocycles. The molecule has 0 amide bonds. The van der Waals surface area contributed by atoms with Gasteiger partial charge in [-0.15, -0.1) is 0 Å². The van der Waals surface area contributed by atoms with Crippen molar-refractivity contribution in [2.24, 2.45) is 0 Å². The lowest BCUT2D eigenvalue weighted by Gasteiger charge is -2.10. The van der Waals surface area contributed by atoms with Crippen molar-refractivity contribution in [3.63, 3.8) is 0 Å². The number of aromatic nitrogens is 4. The molecular formula is C16H8F6N4O2. The van der Waals surface area contributed by atoms with Gasteiger partial charge in [0, 0.05) is 18.5 Å². The van der Waals surface area contributed by atoms with Crippen molar-refractivity contribution in [2.45, 2.75) is 12.4 Å². The molecule has 3 rings (SSSR count). The van der Waals surface area contributed by atoms with Crippen molar-refractivity contribution in [3.05, 3.63) is 60.2 Å². The Morgan fingerprint density at radius 2 is 1.07 bits per heavy atom. The third-order valence-electron chi connectivity index (χ3n) is 3.07. The van der Waals surface area contributed by atoms with Gasteiger partial charge >= 0.3 is 24.4 Å². The van der Waals surface area contributed by atoms with Crippen LogP contribution in [0.2, 0.25) is 0 Å². The highest BCUT2D eigenvalue weighted by molar-refractivity contribution is 5.35. The van der Waals surface area contributed by atoms with Crippen LogP contribution >= 0.6 is 0 Å². The molecule has 6 nitrogen and oxygen atoms in total. The molecule has 0 saturated carbocycles. The zero-order valence-corrected chi connectivity index (χ0v) is 13.5. The number of hydrogen-bond donors (Lipinski definition) is 0. The summed E-state index contributed by atoms with van der Waals surface area (Å²) in [6.07, 6.45) is -7.59. The van der Waals surface area contributed by atoms with E-state index in [-0.39, 0.29) is 11.5 Å². The molecule has 0 bridgehead atoms. The molecule has 3 aromatic rings. The first-order valence-electron chi connectivity index (χ1n) is 7.37. The van der Waals surface area contributed by atoms with Gasteiger partial charge in [0.15, 0.2) is 11.4 Å². The number of ether oxygens (including phenoxy) is 2. The van der Waals surface area contributed by atoms with Crippen molar-refractivity contribution >= 4 is 0 Å². The molecule has 0 aliphatic heterocycles. The summed E-state index contributed by atoms with van der Waals surface area (Å²) < 4.78 is 86.3. The second-order valence-electron chi connectivity index (χ2n) is 5.12. The van der Waals surface area contributed by atoms with Crippen LogP contribution < -0.4 is 9.47 Å². The second kappa shape index (κ2) is 7.29. The SMILES string of the molecule is FC(F)(F)c1ccnc(Oc2cccc(Oc3nccc(C(F)(F)F)n3)c2)n1. The molecular weight excluding hydrogens is 394 g/mol. The fraction of sp³-hybridized carbons (Fsp3) is 0.125. The quantitative estimate of drug-likeness (QED) is 0.579. The lowest BCUT2D eigenvalue weighted by molar-refractivity contribution is -0.142. The Balaban J connectivity index is 1.78. The fourth-order valence-corrected chi connectivity index (χ4v) is 1.91. The lowest BCUT2D eigenvalue weighted by Crippen LogP contribution is -2.09. The molecule has 0 fully saturated rings. The van der Waals surface area contributed by atoms with Crippen LogP contribution in [0.3, 0.4) is 0 Å². The van der Waals surface area contributed by atoms with E-state index in [4.69, 9.17) is 9.47 Å². The van der Waals surface area contributed by atoms with E-state index in [1.54, 1.807) is 0 Å². The standard InChI is InChI=1S/C16H8F6N4O2/c17-15(18,19)11-4-6-23-13(25-11)27-9-2-1-3-10(8-9)28-14-24-7-5-12(26-14)16(20,21)22/h1-8H. The van der Waals surface area contributed by atoms with Crippen LogP contribution in [0.1, 0.15) is 11.4 Å². The van der Waals surface area contributed by atoms with Gasteiger partial charge in [0.25, 0.3) is 0 Å². The topological polar surface area (TPSA) is 70.0 Å². The van der Waals surface area contributed by atoms with Gasteiger partial charge in [0.05, 0.1) is 0 Å². The zero-order chi connectivity index (χ0) is 20.4. The number of alkyl halides is 6. The zero-order valence-electron chi connectivity index (χ0n) is 13.5. The molecule has 12 heteroatoms. The Bertz CT molecular complexity index is 903. The molecule has 0 unspecified atom stereocenters. The molecule has 2 heterocycles. The Labute approximate surface area is 152 Å². The Kier molecular flexibility index (Phi) is 5.03. The summed E-state index contributed by atoms with van der Waals surface area (Å²) >= 11 is 0. The van der Waals surface area contributed by atoms with Crippen molar-refractivity contribution in [2.75, 3.05) is 0 Å². The number of nitrogens with zero attached hydrogens (tertiary/aromatic N) is 4. The van der Waals surface area contributed by atoms with E-state index in [9.17, 15) is 26.3 Å². The lowest BCUT2D eigenvalue weighted by atomic mass is 10.3. The average molecular weight is 402 g/mol. The largest absolute Gasteiger partial charge is 0.433 e. The van der Waals surface area contributed by atoms with Crippen LogP contribution in [-0.2, 0) is 12.4 Å². The predicted molar refractivity (Wildman–Crippen MR) is 80.7 cm³/mol. The fourth-order valence-electron chi connectivity index (χ4n) is 1.91. The first-order valence-corrected chi connectivity index (χ1v) is 7.37. The van der Waals surface area contributed by atoms with Gasteiger partial charge in [-0.2, -0.15) is 36.3 Å². The summed E-state index contributed by atoms with van der Waals surface area (Å²) in [7, 11) is 0. The van der Waals surface area contributed by atoms with E-state index in [2.05, 4.69) is 19.9 Å². The van der Waals surface area contributed by atoms with Gasteiger partial charge in [0.2, 0.25) is 0 Å². The minimum atomic E-state index is -4.67. The van der Waals surface area contributed by atoms with Gasteiger partial charge in [-0.3, -0.25) is 0 Å². The van der Waals surface area contributed by atoms with Crippen molar-refractivity contribution in [1.82, 2.24) is 19.9 Å². The number of halogens is 6. The predicted octanol–water partition coefficient (Wildman–Crippen LogP) is 4.89. The maximum atomic E-state index is 12.7. The molecule has 2 aromatic heterocycles. The first-order chi connectivity index (χ1) is 13.1. The Morgan fingerprint density at radius 1 is 0.643 bits per heavy atom. The minimum Gasteiger partial charge on any atom is -0.424 e. The molecule has 146 valence electrons. The summed E-state index contributed by atoms with van der Waals surface area (Å²) in [5.74, 6) is -0.0207. The highest BCUT2D eigenvalue weighted by Crippen LogP contribution is 2.31. The number of rotatable bonds is 4. The molecule has 0 aliphatic carbocycles. The van der Waals surface area contributed by atoms with Crippen molar-refractivity contribution in [1.29, 1.82) is 0 Å². The normalized spacial score (nSPS) is 11.9. The maximum absolute atomic E-state index is 12.7. The summed E-state index contributed by atoms with van der Waals surface area (Å²) in [6, 6.07) is 5.55. The van der Waals surface area contributed by atoms with Gasteiger partial charge in [0.1, 0.15) is 11.5 Å². The molecule has 0 atom stereocenters. The van der Waals surface area contributed by atoms with Crippen LogP contribution in [0.15, 0.2) is 48.8 Å².